The highest BCUT2D eigenvalue weighted by Crippen LogP contribution is 2.27. The molecular weight excluding hydrogens is 366 g/mol. The highest BCUT2D eigenvalue weighted by molar-refractivity contribution is 6.34. The Morgan fingerprint density at radius 2 is 1.93 bits per heavy atom. The summed E-state index contributed by atoms with van der Waals surface area (Å²) < 4.78 is 12.3. The number of carbonyl (C=O) groups excluding carboxylic acids is 1. The molecule has 1 N–H and O–H groups in total. The molecule has 142 valence electrons. The normalized spacial score (nSPS) is 10.8. The van der Waals surface area contributed by atoms with Gasteiger partial charge in [-0.3, -0.25) is 9.48 Å². The summed E-state index contributed by atoms with van der Waals surface area (Å²) in [6.07, 6.45) is 1.05. The molecule has 1 aromatic heterocycles. The van der Waals surface area contributed by atoms with E-state index in [1.54, 1.807) is 18.9 Å². The molecule has 0 spiro atoms. The Hall–Kier alpha value is -2.73. The molecule has 0 aliphatic rings. The fourth-order valence-electron chi connectivity index (χ4n) is 2.94. The van der Waals surface area contributed by atoms with E-state index in [1.165, 1.54) is 0 Å². The average Bonchev–Trinajstić information content (AvgIpc) is 3.02. The molecule has 0 saturated carbocycles. The van der Waals surface area contributed by atoms with Gasteiger partial charge in [0.25, 0.3) is 0 Å². The van der Waals surface area contributed by atoms with Gasteiger partial charge in [0.2, 0.25) is 5.91 Å². The number of rotatable bonds is 8. The lowest BCUT2D eigenvalue weighted by Gasteiger charge is -2.10. The van der Waals surface area contributed by atoms with Gasteiger partial charge in [0, 0.05) is 18.4 Å². The van der Waals surface area contributed by atoms with Gasteiger partial charge in [-0.05, 0) is 36.2 Å². The SMILES string of the molecule is COc1ccc(CCNC(=O)CCn2nc(Cl)c3ccccc32)cc1OC. The molecule has 0 aliphatic carbocycles. The van der Waals surface area contributed by atoms with Gasteiger partial charge in [-0.1, -0.05) is 29.8 Å². The summed E-state index contributed by atoms with van der Waals surface area (Å²) in [7, 11) is 3.21. The van der Waals surface area contributed by atoms with Gasteiger partial charge < -0.3 is 14.8 Å². The highest BCUT2D eigenvalue weighted by atomic mass is 35.5. The molecule has 0 saturated heterocycles. The molecule has 1 amide bonds. The molecule has 0 atom stereocenters. The van der Waals surface area contributed by atoms with Crippen LogP contribution < -0.4 is 14.8 Å². The molecule has 3 rings (SSSR count). The first kappa shape index (κ1) is 19.0. The number of hydrogen-bond acceptors (Lipinski definition) is 4. The quantitative estimate of drug-likeness (QED) is 0.642. The number of hydrogen-bond donors (Lipinski definition) is 1. The van der Waals surface area contributed by atoms with Crippen molar-refractivity contribution in [2.75, 3.05) is 20.8 Å². The number of ether oxygens (including phenoxy) is 2. The molecule has 0 fully saturated rings. The van der Waals surface area contributed by atoms with Gasteiger partial charge >= 0.3 is 0 Å². The fourth-order valence-corrected chi connectivity index (χ4v) is 3.19. The maximum Gasteiger partial charge on any atom is 0.221 e. The van der Waals surface area contributed by atoms with E-state index in [9.17, 15) is 4.79 Å². The smallest absolute Gasteiger partial charge is 0.221 e. The Morgan fingerprint density at radius 3 is 2.70 bits per heavy atom. The Bertz CT molecular complexity index is 939. The topological polar surface area (TPSA) is 65.4 Å². The van der Waals surface area contributed by atoms with Crippen LogP contribution >= 0.6 is 11.6 Å². The third-order valence-electron chi connectivity index (χ3n) is 4.35. The number of para-hydroxylation sites is 1. The van der Waals surface area contributed by atoms with Crippen LogP contribution in [-0.2, 0) is 17.8 Å². The molecule has 1 heterocycles. The molecule has 0 unspecified atom stereocenters. The molecule has 3 aromatic rings. The standard InChI is InChI=1S/C20H22ClN3O3/c1-26-17-8-7-14(13-18(17)27-2)9-11-22-19(25)10-12-24-16-6-4-3-5-15(16)20(21)23-24/h3-8,13H,9-12H2,1-2H3,(H,22,25). The number of aromatic nitrogens is 2. The van der Waals surface area contributed by atoms with Gasteiger partial charge in [0.1, 0.15) is 0 Å². The molecule has 6 nitrogen and oxygen atoms in total. The zero-order valence-corrected chi connectivity index (χ0v) is 16.1. The van der Waals surface area contributed by atoms with Crippen molar-refractivity contribution in [2.45, 2.75) is 19.4 Å². The monoisotopic (exact) mass is 387 g/mol. The Kier molecular flexibility index (Phi) is 6.19. The van der Waals surface area contributed by atoms with E-state index in [1.807, 2.05) is 42.5 Å². The van der Waals surface area contributed by atoms with Crippen LogP contribution in [0.4, 0.5) is 0 Å². The summed E-state index contributed by atoms with van der Waals surface area (Å²) >= 11 is 6.14. The Labute approximate surface area is 163 Å². The van der Waals surface area contributed by atoms with Gasteiger partial charge in [-0.2, -0.15) is 5.10 Å². The first-order valence-corrected chi connectivity index (χ1v) is 9.09. The van der Waals surface area contributed by atoms with Crippen molar-refractivity contribution in [3.8, 4) is 11.5 Å². The van der Waals surface area contributed by atoms with E-state index in [0.29, 0.717) is 42.6 Å². The van der Waals surface area contributed by atoms with Crippen LogP contribution in [0.5, 0.6) is 11.5 Å². The van der Waals surface area contributed by atoms with Crippen LogP contribution in [0.3, 0.4) is 0 Å². The predicted octanol–water partition coefficient (Wildman–Crippen LogP) is 3.46. The van der Waals surface area contributed by atoms with Crippen molar-refractivity contribution in [1.82, 2.24) is 15.1 Å². The number of fused-ring (bicyclic) bond motifs is 1. The predicted molar refractivity (Wildman–Crippen MR) is 106 cm³/mol. The number of nitrogens with one attached hydrogen (secondary N) is 1. The molecule has 0 bridgehead atoms. The molecular formula is C20H22ClN3O3. The summed E-state index contributed by atoms with van der Waals surface area (Å²) in [5, 5.41) is 8.59. The Morgan fingerprint density at radius 1 is 1.15 bits per heavy atom. The maximum atomic E-state index is 12.1. The molecule has 0 aliphatic heterocycles. The average molecular weight is 388 g/mol. The summed E-state index contributed by atoms with van der Waals surface area (Å²) in [5.41, 5.74) is 2.00. The largest absolute Gasteiger partial charge is 0.493 e. The van der Waals surface area contributed by atoms with E-state index >= 15 is 0 Å². The zero-order chi connectivity index (χ0) is 19.2. The van der Waals surface area contributed by atoms with Crippen molar-refractivity contribution >= 4 is 28.4 Å². The number of amides is 1. The Balaban J connectivity index is 1.50. The van der Waals surface area contributed by atoms with E-state index in [0.717, 1.165) is 16.5 Å². The van der Waals surface area contributed by atoms with Crippen LogP contribution in [0.2, 0.25) is 5.15 Å². The first-order valence-electron chi connectivity index (χ1n) is 8.71. The van der Waals surface area contributed by atoms with E-state index in [-0.39, 0.29) is 5.91 Å². The van der Waals surface area contributed by atoms with E-state index in [4.69, 9.17) is 21.1 Å². The van der Waals surface area contributed by atoms with Crippen LogP contribution in [0.1, 0.15) is 12.0 Å². The summed E-state index contributed by atoms with van der Waals surface area (Å²) in [5.74, 6) is 1.35. The fraction of sp³-hybridized carbons (Fsp3) is 0.300. The van der Waals surface area contributed by atoms with Gasteiger partial charge in [-0.15, -0.1) is 0 Å². The highest BCUT2D eigenvalue weighted by Gasteiger charge is 2.10. The van der Waals surface area contributed by atoms with Crippen LogP contribution in [0, 0.1) is 0 Å². The zero-order valence-electron chi connectivity index (χ0n) is 15.4. The second-order valence-electron chi connectivity index (χ2n) is 6.07. The van der Waals surface area contributed by atoms with Crippen molar-refractivity contribution < 1.29 is 14.3 Å². The van der Waals surface area contributed by atoms with Gasteiger partial charge in [0.05, 0.1) is 26.3 Å². The minimum atomic E-state index is -0.0221. The molecule has 2 aromatic carbocycles. The third-order valence-corrected chi connectivity index (χ3v) is 4.63. The minimum absolute atomic E-state index is 0.0221. The lowest BCUT2D eigenvalue weighted by molar-refractivity contribution is -0.121. The number of benzene rings is 2. The number of halogens is 1. The van der Waals surface area contributed by atoms with Crippen molar-refractivity contribution in [1.29, 1.82) is 0 Å². The molecule has 0 radical (unpaired) electrons. The third kappa shape index (κ3) is 4.52. The number of carbonyl (C=O) groups is 1. The maximum absolute atomic E-state index is 12.1. The van der Waals surface area contributed by atoms with Crippen LogP contribution in [0.15, 0.2) is 42.5 Å². The van der Waals surface area contributed by atoms with Crippen LogP contribution in [-0.4, -0.2) is 36.5 Å². The first-order chi connectivity index (χ1) is 13.1. The van der Waals surface area contributed by atoms with Crippen molar-refractivity contribution in [2.24, 2.45) is 0 Å². The number of aryl methyl sites for hydroxylation is 1. The van der Waals surface area contributed by atoms with Crippen molar-refractivity contribution in [3.63, 3.8) is 0 Å². The van der Waals surface area contributed by atoms with E-state index < -0.39 is 0 Å². The minimum Gasteiger partial charge on any atom is -0.493 e. The van der Waals surface area contributed by atoms with Crippen LogP contribution in [0.25, 0.3) is 10.9 Å². The molecule has 27 heavy (non-hydrogen) atoms. The lowest BCUT2D eigenvalue weighted by Crippen LogP contribution is -2.26. The lowest BCUT2D eigenvalue weighted by atomic mass is 10.1. The second-order valence-corrected chi connectivity index (χ2v) is 6.43. The summed E-state index contributed by atoms with van der Waals surface area (Å²) in [6.45, 7) is 1.03. The number of methoxy groups -OCH3 is 2. The van der Waals surface area contributed by atoms with E-state index in [2.05, 4.69) is 10.4 Å². The van der Waals surface area contributed by atoms with Gasteiger partial charge in [0.15, 0.2) is 16.7 Å². The second kappa shape index (κ2) is 8.77. The van der Waals surface area contributed by atoms with Gasteiger partial charge in [-0.25, -0.2) is 0 Å². The summed E-state index contributed by atoms with van der Waals surface area (Å²) in [6, 6.07) is 13.5. The van der Waals surface area contributed by atoms with Crippen molar-refractivity contribution in [3.05, 3.63) is 53.2 Å². The number of nitrogens with zero attached hydrogens (tertiary/aromatic N) is 2. The molecule has 7 heteroatoms. The summed E-state index contributed by atoms with van der Waals surface area (Å²) in [4.78, 5) is 12.1.